The Labute approximate surface area is 185 Å². The summed E-state index contributed by atoms with van der Waals surface area (Å²) in [6, 6.07) is 7.67. The van der Waals surface area contributed by atoms with Crippen molar-refractivity contribution in [1.82, 2.24) is 10.3 Å². The van der Waals surface area contributed by atoms with Gasteiger partial charge in [0.1, 0.15) is 5.82 Å². The van der Waals surface area contributed by atoms with E-state index in [-0.39, 0.29) is 17.6 Å². The number of thiophene rings is 1. The minimum atomic E-state index is -0.355. The number of aromatic nitrogens is 1. The fourth-order valence-corrected chi connectivity index (χ4v) is 6.18. The number of Topliss-reactive ketones (excluding diaryl/α,β-unsaturated/α-hetero) is 1. The van der Waals surface area contributed by atoms with Crippen LogP contribution >= 0.6 is 23.1 Å². The SMILES string of the molecule is CSc1sc(C)cc1C1C(C(=O)Nc2cccc(C)n2)=C(C)NC2=C1C(=O)CCC2. The number of amides is 1. The van der Waals surface area contributed by atoms with Gasteiger partial charge < -0.3 is 10.6 Å². The van der Waals surface area contributed by atoms with E-state index in [0.717, 1.165) is 45.3 Å². The van der Waals surface area contributed by atoms with Gasteiger partial charge in [-0.2, -0.15) is 0 Å². The largest absolute Gasteiger partial charge is 0.362 e. The normalized spacial score (nSPS) is 18.9. The van der Waals surface area contributed by atoms with E-state index >= 15 is 0 Å². The maximum atomic E-state index is 13.5. The first kappa shape index (κ1) is 20.9. The van der Waals surface area contributed by atoms with Gasteiger partial charge >= 0.3 is 0 Å². The first-order valence-electron chi connectivity index (χ1n) is 10.0. The lowest BCUT2D eigenvalue weighted by Gasteiger charge is -2.34. The predicted molar refractivity (Wildman–Crippen MR) is 123 cm³/mol. The fourth-order valence-electron chi connectivity index (χ4n) is 4.26. The zero-order chi connectivity index (χ0) is 21.4. The summed E-state index contributed by atoms with van der Waals surface area (Å²) in [4.78, 5) is 32.1. The molecule has 0 aromatic carbocycles. The molecule has 2 N–H and O–H groups in total. The molecule has 1 aliphatic heterocycles. The van der Waals surface area contributed by atoms with E-state index in [1.54, 1.807) is 29.2 Å². The Hall–Kier alpha value is -2.38. The van der Waals surface area contributed by atoms with Crippen molar-refractivity contribution in [2.45, 2.75) is 50.2 Å². The fraction of sp³-hybridized carbons (Fsp3) is 0.348. The number of pyridine rings is 1. The van der Waals surface area contributed by atoms with E-state index in [1.807, 2.05) is 32.2 Å². The highest BCUT2D eigenvalue weighted by Crippen LogP contribution is 2.47. The van der Waals surface area contributed by atoms with Crippen molar-refractivity contribution >= 4 is 40.6 Å². The lowest BCUT2D eigenvalue weighted by atomic mass is 9.75. The van der Waals surface area contributed by atoms with Crippen LogP contribution in [0.25, 0.3) is 0 Å². The molecule has 0 bridgehead atoms. The zero-order valence-corrected chi connectivity index (χ0v) is 19.2. The highest BCUT2D eigenvalue weighted by Gasteiger charge is 2.40. The topological polar surface area (TPSA) is 71.1 Å². The molecule has 30 heavy (non-hydrogen) atoms. The van der Waals surface area contributed by atoms with Gasteiger partial charge in [-0.25, -0.2) is 4.98 Å². The van der Waals surface area contributed by atoms with Gasteiger partial charge in [-0.05, 0) is 63.6 Å². The number of nitrogens with one attached hydrogen (secondary N) is 2. The van der Waals surface area contributed by atoms with E-state index in [2.05, 4.69) is 28.6 Å². The number of dihydropyridines is 1. The van der Waals surface area contributed by atoms with Gasteiger partial charge in [0.2, 0.25) is 0 Å². The minimum absolute atomic E-state index is 0.135. The number of allylic oxidation sites excluding steroid dienone is 3. The van der Waals surface area contributed by atoms with Crippen LogP contribution in [0.15, 0.2) is 51.0 Å². The van der Waals surface area contributed by atoms with Crippen LogP contribution in [0.3, 0.4) is 0 Å². The molecule has 1 atom stereocenters. The van der Waals surface area contributed by atoms with E-state index < -0.39 is 0 Å². The lowest BCUT2D eigenvalue weighted by Crippen LogP contribution is -2.35. The second-order valence-corrected chi connectivity index (χ2v) is 10.0. The van der Waals surface area contributed by atoms with Crippen molar-refractivity contribution in [1.29, 1.82) is 0 Å². The number of carbonyl (C=O) groups is 2. The Kier molecular flexibility index (Phi) is 5.84. The van der Waals surface area contributed by atoms with Crippen LogP contribution in [0, 0.1) is 13.8 Å². The number of aryl methyl sites for hydroxylation is 2. The van der Waals surface area contributed by atoms with E-state index in [0.29, 0.717) is 17.8 Å². The molecule has 1 aliphatic carbocycles. The third-order valence-corrected chi connectivity index (χ3v) is 7.71. The van der Waals surface area contributed by atoms with Gasteiger partial charge in [0, 0.05) is 45.5 Å². The van der Waals surface area contributed by atoms with Crippen molar-refractivity contribution in [3.8, 4) is 0 Å². The molecule has 2 aromatic heterocycles. The number of thioether (sulfide) groups is 1. The van der Waals surface area contributed by atoms with Crippen molar-refractivity contribution in [3.63, 3.8) is 0 Å². The van der Waals surface area contributed by atoms with E-state index in [1.165, 1.54) is 4.88 Å². The van der Waals surface area contributed by atoms with Crippen LogP contribution in [0.2, 0.25) is 0 Å². The van der Waals surface area contributed by atoms with Gasteiger partial charge in [-0.15, -0.1) is 23.1 Å². The maximum Gasteiger partial charge on any atom is 0.255 e. The van der Waals surface area contributed by atoms with Crippen molar-refractivity contribution < 1.29 is 9.59 Å². The molecule has 5 nitrogen and oxygen atoms in total. The van der Waals surface area contributed by atoms with Gasteiger partial charge in [-0.3, -0.25) is 9.59 Å². The molecular formula is C23H25N3O2S2. The third-order valence-electron chi connectivity index (χ3n) is 5.49. The summed E-state index contributed by atoms with van der Waals surface area (Å²) < 4.78 is 1.15. The second-order valence-electron chi connectivity index (χ2n) is 7.69. The standard InChI is InChI=1S/C23H25N3O2S2/c1-12-7-5-10-18(24-12)26-22(28)19-14(3)25-16-8-6-9-17(27)21(16)20(19)15-11-13(2)30-23(15)29-4/h5,7,10-11,20,25H,6,8-9H2,1-4H3,(H,24,26,28). The van der Waals surface area contributed by atoms with Crippen LogP contribution in [0.1, 0.15) is 48.2 Å². The molecule has 0 saturated heterocycles. The molecule has 2 aliphatic rings. The van der Waals surface area contributed by atoms with E-state index in [4.69, 9.17) is 0 Å². The van der Waals surface area contributed by atoms with Gasteiger partial charge in [-0.1, -0.05) is 6.07 Å². The number of hydrogen-bond donors (Lipinski definition) is 2. The molecule has 4 rings (SSSR count). The molecule has 0 saturated carbocycles. The van der Waals surface area contributed by atoms with Crippen molar-refractivity contribution in [2.24, 2.45) is 0 Å². The van der Waals surface area contributed by atoms with Gasteiger partial charge in [0.05, 0.1) is 4.21 Å². The van der Waals surface area contributed by atoms with Crippen LogP contribution in [0.5, 0.6) is 0 Å². The Morgan fingerprint density at radius 3 is 2.80 bits per heavy atom. The van der Waals surface area contributed by atoms with Crippen molar-refractivity contribution in [3.05, 3.63) is 62.9 Å². The summed E-state index contributed by atoms with van der Waals surface area (Å²) >= 11 is 3.38. The predicted octanol–water partition coefficient (Wildman–Crippen LogP) is 5.09. The molecule has 2 aromatic rings. The van der Waals surface area contributed by atoms with Crippen LogP contribution in [0.4, 0.5) is 5.82 Å². The Morgan fingerprint density at radius 2 is 2.07 bits per heavy atom. The molecule has 1 amide bonds. The highest BCUT2D eigenvalue weighted by atomic mass is 32.2. The number of carbonyl (C=O) groups excluding carboxylic acids is 2. The smallest absolute Gasteiger partial charge is 0.255 e. The number of anilines is 1. The lowest BCUT2D eigenvalue weighted by molar-refractivity contribution is -0.116. The molecule has 3 heterocycles. The monoisotopic (exact) mass is 439 g/mol. The number of hydrogen-bond acceptors (Lipinski definition) is 6. The summed E-state index contributed by atoms with van der Waals surface area (Å²) in [7, 11) is 0. The third kappa shape index (κ3) is 3.84. The molecule has 0 spiro atoms. The maximum absolute atomic E-state index is 13.5. The highest BCUT2D eigenvalue weighted by molar-refractivity contribution is 8.00. The average Bonchev–Trinajstić information content (AvgIpc) is 3.07. The Bertz CT molecular complexity index is 1100. The number of rotatable bonds is 4. The molecule has 0 fully saturated rings. The first-order valence-corrected chi connectivity index (χ1v) is 12.1. The van der Waals surface area contributed by atoms with Crippen molar-refractivity contribution in [2.75, 3.05) is 11.6 Å². The summed E-state index contributed by atoms with van der Waals surface area (Å²) in [5.41, 5.74) is 5.01. The minimum Gasteiger partial charge on any atom is -0.362 e. The average molecular weight is 440 g/mol. The Balaban J connectivity index is 1.82. The summed E-state index contributed by atoms with van der Waals surface area (Å²) in [5.74, 6) is 0.0757. The molecular weight excluding hydrogens is 414 g/mol. The number of nitrogens with zero attached hydrogens (tertiary/aromatic N) is 1. The molecule has 0 radical (unpaired) electrons. The summed E-state index contributed by atoms with van der Waals surface area (Å²) in [6.45, 7) is 5.88. The molecule has 1 unspecified atom stereocenters. The molecule has 7 heteroatoms. The number of ketones is 1. The first-order chi connectivity index (χ1) is 14.4. The second kappa shape index (κ2) is 8.40. The van der Waals surface area contributed by atoms with Gasteiger partial charge in [0.15, 0.2) is 5.78 Å². The summed E-state index contributed by atoms with van der Waals surface area (Å²) in [5, 5.41) is 6.33. The van der Waals surface area contributed by atoms with Gasteiger partial charge in [0.25, 0.3) is 5.91 Å². The Morgan fingerprint density at radius 1 is 1.27 bits per heavy atom. The van der Waals surface area contributed by atoms with Crippen LogP contribution < -0.4 is 10.6 Å². The van der Waals surface area contributed by atoms with E-state index in [9.17, 15) is 9.59 Å². The summed E-state index contributed by atoms with van der Waals surface area (Å²) in [6.07, 6.45) is 4.25. The zero-order valence-electron chi connectivity index (χ0n) is 17.6. The quantitative estimate of drug-likeness (QED) is 0.650. The van der Waals surface area contributed by atoms with Crippen LogP contribution in [-0.2, 0) is 9.59 Å². The molecule has 156 valence electrons. The van der Waals surface area contributed by atoms with Crippen LogP contribution in [-0.4, -0.2) is 22.9 Å².